The topological polar surface area (TPSA) is 66.5 Å². The molecule has 0 fully saturated rings. The predicted octanol–water partition coefficient (Wildman–Crippen LogP) is 0.0240. The van der Waals surface area contributed by atoms with Crippen LogP contribution >= 0.6 is 11.3 Å². The van der Waals surface area contributed by atoms with Gasteiger partial charge in [0.15, 0.2) is 0 Å². The van der Waals surface area contributed by atoms with E-state index in [4.69, 9.17) is 5.84 Å². The van der Waals surface area contributed by atoms with Crippen molar-refractivity contribution in [1.82, 2.24) is 15.3 Å². The highest BCUT2D eigenvalue weighted by molar-refractivity contribution is 7.07. The molecule has 72 valence electrons. The second-order valence-corrected chi connectivity index (χ2v) is 3.25. The molecule has 3 N–H and O–H groups in total. The molecule has 0 aliphatic carbocycles. The lowest BCUT2D eigenvalue weighted by atomic mass is 10.4. The van der Waals surface area contributed by atoms with Crippen molar-refractivity contribution in [1.29, 1.82) is 0 Å². The summed E-state index contributed by atoms with van der Waals surface area (Å²) in [6, 6.07) is 0. The van der Waals surface area contributed by atoms with Gasteiger partial charge in [0, 0.05) is 19.5 Å². The Hall–Kier alpha value is -1.14. The molecule has 0 aliphatic rings. The third-order valence-corrected chi connectivity index (χ3v) is 2.22. The van der Waals surface area contributed by atoms with Gasteiger partial charge in [-0.3, -0.25) is 10.4 Å². The summed E-state index contributed by atoms with van der Waals surface area (Å²) in [5.74, 6) is 5.92. The molecule has 13 heavy (non-hydrogen) atoms. The van der Waals surface area contributed by atoms with Crippen molar-refractivity contribution in [3.63, 3.8) is 0 Å². The smallest absolute Gasteiger partial charge is 0.208 e. The Morgan fingerprint density at radius 3 is 3.08 bits per heavy atom. The van der Waals surface area contributed by atoms with Crippen LogP contribution < -0.4 is 11.3 Å². The van der Waals surface area contributed by atoms with Gasteiger partial charge in [-0.05, 0) is 0 Å². The fourth-order valence-corrected chi connectivity index (χ4v) is 1.53. The SMILES string of the molecule is CN=C(NN)N(C)Cc1cscn1. The number of hydrogen-bond donors (Lipinski definition) is 2. The standard InChI is InChI=1S/C7H13N5S/c1-9-7(11-8)12(2)3-6-4-13-5-10-6/h4-5H,3,8H2,1-2H3,(H,9,11). The second-order valence-electron chi connectivity index (χ2n) is 2.53. The fourth-order valence-electron chi connectivity index (χ4n) is 0.979. The molecule has 0 radical (unpaired) electrons. The zero-order valence-electron chi connectivity index (χ0n) is 7.69. The molecule has 0 amide bonds. The van der Waals surface area contributed by atoms with Crippen LogP contribution in [0.25, 0.3) is 0 Å². The van der Waals surface area contributed by atoms with Crippen LogP contribution in [0, 0.1) is 0 Å². The molecule has 0 aliphatic heterocycles. The van der Waals surface area contributed by atoms with E-state index in [0.29, 0.717) is 12.5 Å². The van der Waals surface area contributed by atoms with Crippen LogP contribution in [0.15, 0.2) is 15.9 Å². The summed E-state index contributed by atoms with van der Waals surface area (Å²) in [6.07, 6.45) is 0. The molecular weight excluding hydrogens is 186 g/mol. The van der Waals surface area contributed by atoms with E-state index < -0.39 is 0 Å². The molecule has 1 rings (SSSR count). The van der Waals surface area contributed by atoms with Gasteiger partial charge in [0.05, 0.1) is 17.7 Å². The molecule has 0 bridgehead atoms. The van der Waals surface area contributed by atoms with E-state index in [9.17, 15) is 0 Å². The van der Waals surface area contributed by atoms with Crippen molar-refractivity contribution in [3.8, 4) is 0 Å². The minimum atomic E-state index is 0.646. The first-order valence-electron chi connectivity index (χ1n) is 3.79. The van der Waals surface area contributed by atoms with E-state index in [1.54, 1.807) is 18.4 Å². The van der Waals surface area contributed by atoms with Crippen molar-refractivity contribution < 1.29 is 0 Å². The number of aromatic nitrogens is 1. The minimum Gasteiger partial charge on any atom is -0.339 e. The molecule has 1 heterocycles. The van der Waals surface area contributed by atoms with Crippen molar-refractivity contribution in [2.24, 2.45) is 10.8 Å². The van der Waals surface area contributed by atoms with E-state index in [1.807, 2.05) is 22.8 Å². The summed E-state index contributed by atoms with van der Waals surface area (Å²) >= 11 is 1.58. The molecule has 0 atom stereocenters. The highest BCUT2D eigenvalue weighted by atomic mass is 32.1. The first-order chi connectivity index (χ1) is 6.27. The Morgan fingerprint density at radius 1 is 1.85 bits per heavy atom. The zero-order valence-corrected chi connectivity index (χ0v) is 8.51. The van der Waals surface area contributed by atoms with Gasteiger partial charge in [0.25, 0.3) is 0 Å². The van der Waals surface area contributed by atoms with E-state index in [2.05, 4.69) is 15.4 Å². The number of nitrogens with one attached hydrogen (secondary N) is 1. The number of thiazole rings is 1. The monoisotopic (exact) mass is 199 g/mol. The van der Waals surface area contributed by atoms with Crippen molar-refractivity contribution >= 4 is 17.3 Å². The van der Waals surface area contributed by atoms with Crippen LogP contribution in [0.3, 0.4) is 0 Å². The number of aliphatic imine (C=N–C) groups is 1. The van der Waals surface area contributed by atoms with E-state index in [1.165, 1.54) is 0 Å². The molecule has 0 saturated heterocycles. The molecule has 1 aromatic heterocycles. The Labute approximate surface area is 81.3 Å². The molecule has 6 heteroatoms. The van der Waals surface area contributed by atoms with Gasteiger partial charge in [0.2, 0.25) is 5.96 Å². The van der Waals surface area contributed by atoms with Gasteiger partial charge >= 0.3 is 0 Å². The number of nitrogens with zero attached hydrogens (tertiary/aromatic N) is 3. The summed E-state index contributed by atoms with van der Waals surface area (Å²) in [4.78, 5) is 10.0. The fraction of sp³-hybridized carbons (Fsp3) is 0.429. The van der Waals surface area contributed by atoms with E-state index >= 15 is 0 Å². The van der Waals surface area contributed by atoms with Gasteiger partial charge in [0.1, 0.15) is 0 Å². The van der Waals surface area contributed by atoms with E-state index in [0.717, 1.165) is 5.69 Å². The quantitative estimate of drug-likeness (QED) is 0.305. The molecule has 0 aromatic carbocycles. The minimum absolute atomic E-state index is 0.646. The lowest BCUT2D eigenvalue weighted by Gasteiger charge is -2.18. The highest BCUT2D eigenvalue weighted by Crippen LogP contribution is 2.03. The summed E-state index contributed by atoms with van der Waals surface area (Å²) in [5, 5.41) is 2.00. The summed E-state index contributed by atoms with van der Waals surface area (Å²) < 4.78 is 0. The Kier molecular flexibility index (Phi) is 3.66. The molecule has 1 aromatic rings. The third-order valence-electron chi connectivity index (χ3n) is 1.59. The number of nitrogens with two attached hydrogens (primary N) is 1. The first-order valence-corrected chi connectivity index (χ1v) is 4.73. The number of hydrogen-bond acceptors (Lipinski definition) is 4. The number of hydrazine groups is 1. The average Bonchev–Trinajstić information content (AvgIpc) is 2.59. The van der Waals surface area contributed by atoms with Crippen molar-refractivity contribution in [3.05, 3.63) is 16.6 Å². The normalized spacial score (nSPS) is 11.5. The van der Waals surface area contributed by atoms with Crippen molar-refractivity contribution in [2.75, 3.05) is 14.1 Å². The largest absolute Gasteiger partial charge is 0.339 e. The lowest BCUT2D eigenvalue weighted by molar-refractivity contribution is 0.473. The maximum Gasteiger partial charge on any atom is 0.208 e. The first kappa shape index (κ1) is 9.94. The predicted molar refractivity (Wildman–Crippen MR) is 54.3 cm³/mol. The van der Waals surface area contributed by atoms with Crippen LogP contribution in [0.2, 0.25) is 0 Å². The Balaban J connectivity index is 2.55. The van der Waals surface area contributed by atoms with Crippen molar-refractivity contribution in [2.45, 2.75) is 6.54 Å². The average molecular weight is 199 g/mol. The lowest BCUT2D eigenvalue weighted by Crippen LogP contribution is -2.42. The maximum atomic E-state index is 5.27. The van der Waals surface area contributed by atoms with Crippen LogP contribution in [0.5, 0.6) is 0 Å². The van der Waals surface area contributed by atoms with Crippen LogP contribution in [-0.2, 0) is 6.54 Å². The molecule has 0 spiro atoms. The summed E-state index contributed by atoms with van der Waals surface area (Å²) in [6.45, 7) is 0.709. The van der Waals surface area contributed by atoms with Gasteiger partial charge < -0.3 is 4.90 Å². The highest BCUT2D eigenvalue weighted by Gasteiger charge is 2.05. The number of guanidine groups is 1. The molecule has 0 unspecified atom stereocenters. The van der Waals surface area contributed by atoms with Gasteiger partial charge in [-0.2, -0.15) is 0 Å². The van der Waals surface area contributed by atoms with Gasteiger partial charge in [-0.25, -0.2) is 10.8 Å². The summed E-state index contributed by atoms with van der Waals surface area (Å²) in [7, 11) is 3.59. The maximum absolute atomic E-state index is 5.27. The molecular formula is C7H13N5S. The molecule has 0 saturated carbocycles. The van der Waals surface area contributed by atoms with E-state index in [-0.39, 0.29) is 0 Å². The van der Waals surface area contributed by atoms with Gasteiger partial charge in [-0.1, -0.05) is 0 Å². The van der Waals surface area contributed by atoms with Crippen LogP contribution in [-0.4, -0.2) is 29.9 Å². The third kappa shape index (κ3) is 2.67. The zero-order chi connectivity index (χ0) is 9.68. The Bertz CT molecular complexity index is 268. The number of rotatable bonds is 2. The molecule has 5 nitrogen and oxygen atoms in total. The summed E-state index contributed by atoms with van der Waals surface area (Å²) in [5.41, 5.74) is 5.34. The Morgan fingerprint density at radius 2 is 2.62 bits per heavy atom. The van der Waals surface area contributed by atoms with Gasteiger partial charge in [-0.15, -0.1) is 11.3 Å². The van der Waals surface area contributed by atoms with Crippen LogP contribution in [0.1, 0.15) is 5.69 Å². The van der Waals surface area contributed by atoms with Crippen LogP contribution in [0.4, 0.5) is 0 Å². The second kappa shape index (κ2) is 4.78.